The Balaban J connectivity index is 1.24. The molecule has 2 aromatic carbocycles. The molecule has 2 heterocycles. The number of aryl methyl sites for hydroxylation is 2. The lowest BCUT2D eigenvalue weighted by molar-refractivity contribution is -0.137. The molecular weight excluding hydrogens is 380 g/mol. The minimum absolute atomic E-state index is 0.00381. The second-order valence-electron chi connectivity index (χ2n) is 7.57. The highest BCUT2D eigenvalue weighted by Gasteiger charge is 2.17. The zero-order valence-corrected chi connectivity index (χ0v) is 17.6. The van der Waals surface area contributed by atoms with Crippen molar-refractivity contribution >= 4 is 16.9 Å². The summed E-state index contributed by atoms with van der Waals surface area (Å²) < 4.78 is 13.0. The molecule has 30 heavy (non-hydrogen) atoms. The van der Waals surface area contributed by atoms with Crippen molar-refractivity contribution in [3.05, 3.63) is 59.4 Å². The van der Waals surface area contributed by atoms with Crippen LogP contribution in [0.3, 0.4) is 0 Å². The van der Waals surface area contributed by atoms with Gasteiger partial charge in [0.05, 0.1) is 24.2 Å². The third-order valence-corrected chi connectivity index (χ3v) is 5.48. The van der Waals surface area contributed by atoms with Gasteiger partial charge in [-0.3, -0.25) is 4.79 Å². The molecule has 1 saturated heterocycles. The predicted octanol–water partition coefficient (Wildman–Crippen LogP) is 2.41. The molecular formula is C23H28N4O3. The number of nitrogens with zero attached hydrogens (tertiary/aromatic N) is 3. The Labute approximate surface area is 176 Å². The first kappa shape index (κ1) is 20.4. The van der Waals surface area contributed by atoms with Gasteiger partial charge in [0.2, 0.25) is 0 Å². The zero-order valence-electron chi connectivity index (χ0n) is 17.6. The summed E-state index contributed by atoms with van der Waals surface area (Å²) in [6, 6.07) is 14.3. The summed E-state index contributed by atoms with van der Waals surface area (Å²) >= 11 is 0. The maximum absolute atomic E-state index is 12.1. The Morgan fingerprint density at radius 2 is 1.80 bits per heavy atom. The Morgan fingerprint density at radius 1 is 1.10 bits per heavy atom. The van der Waals surface area contributed by atoms with Gasteiger partial charge in [0, 0.05) is 33.2 Å². The molecule has 0 atom stereocenters. The molecule has 7 heteroatoms. The maximum Gasteiger partial charge on any atom is 0.260 e. The van der Waals surface area contributed by atoms with Crippen LogP contribution in [-0.4, -0.2) is 53.3 Å². The lowest BCUT2D eigenvalue weighted by atomic mass is 10.2. The van der Waals surface area contributed by atoms with Gasteiger partial charge < -0.3 is 24.3 Å². The van der Waals surface area contributed by atoms with Crippen LogP contribution in [0.25, 0.3) is 11.0 Å². The topological polar surface area (TPSA) is 68.6 Å². The predicted molar refractivity (Wildman–Crippen MR) is 115 cm³/mol. The molecule has 1 N–H and O–H groups in total. The molecule has 4 rings (SSSR count). The third-order valence-electron chi connectivity index (χ3n) is 5.48. The van der Waals surface area contributed by atoms with Gasteiger partial charge in [-0.1, -0.05) is 18.2 Å². The van der Waals surface area contributed by atoms with Gasteiger partial charge >= 0.3 is 0 Å². The van der Waals surface area contributed by atoms with Crippen LogP contribution >= 0.6 is 0 Å². The van der Waals surface area contributed by atoms with Gasteiger partial charge in [0.25, 0.3) is 5.91 Å². The van der Waals surface area contributed by atoms with Crippen LogP contribution in [-0.2, 0) is 29.7 Å². The fourth-order valence-electron chi connectivity index (χ4n) is 3.58. The number of hydrogen-bond donors (Lipinski definition) is 1. The summed E-state index contributed by atoms with van der Waals surface area (Å²) in [7, 11) is 2.04. The molecule has 0 spiro atoms. The Morgan fingerprint density at radius 3 is 2.57 bits per heavy atom. The van der Waals surface area contributed by atoms with Gasteiger partial charge in [-0.25, -0.2) is 4.98 Å². The molecule has 0 radical (unpaired) electrons. The summed E-state index contributed by atoms with van der Waals surface area (Å²) in [5.74, 6) is 1.73. The third kappa shape index (κ3) is 4.80. The first-order valence-electron chi connectivity index (χ1n) is 10.3. The molecule has 1 aromatic heterocycles. The average Bonchev–Trinajstić information content (AvgIpc) is 3.06. The Bertz CT molecular complexity index is 1010. The number of carbonyl (C=O) groups excluding carboxylic acids is 1. The minimum atomic E-state index is 0.00381. The second kappa shape index (κ2) is 9.28. The monoisotopic (exact) mass is 408 g/mol. The molecule has 0 unspecified atom stereocenters. The molecule has 1 fully saturated rings. The first-order chi connectivity index (χ1) is 14.6. The van der Waals surface area contributed by atoms with Crippen molar-refractivity contribution in [2.24, 2.45) is 7.05 Å². The number of fused-ring (bicyclic) bond motifs is 1. The highest BCUT2D eigenvalue weighted by atomic mass is 16.5. The summed E-state index contributed by atoms with van der Waals surface area (Å²) in [6.07, 6.45) is 0. The molecule has 0 aliphatic carbocycles. The van der Waals surface area contributed by atoms with Crippen LogP contribution in [0.1, 0.15) is 17.0 Å². The van der Waals surface area contributed by atoms with Crippen LogP contribution in [0, 0.1) is 6.92 Å². The van der Waals surface area contributed by atoms with E-state index in [-0.39, 0.29) is 12.5 Å². The van der Waals surface area contributed by atoms with E-state index in [4.69, 9.17) is 9.47 Å². The summed E-state index contributed by atoms with van der Waals surface area (Å²) in [4.78, 5) is 18.5. The van der Waals surface area contributed by atoms with Crippen LogP contribution in [0.4, 0.5) is 0 Å². The van der Waals surface area contributed by atoms with E-state index in [1.807, 2.05) is 38.2 Å². The number of morpholine rings is 1. The zero-order chi connectivity index (χ0) is 20.9. The lowest BCUT2D eigenvalue weighted by Gasteiger charge is -2.26. The Hall–Kier alpha value is -2.90. The van der Waals surface area contributed by atoms with Crippen molar-refractivity contribution in [3.8, 4) is 5.75 Å². The van der Waals surface area contributed by atoms with Crippen molar-refractivity contribution in [2.75, 3.05) is 32.9 Å². The number of ether oxygens (including phenoxy) is 2. The standard InChI is InChI=1S/C23H28N4O3/c1-17-25-21-13-19(5-8-22(21)26(17)2)15-24-14-18-3-6-20(7-4-18)30-16-23(28)27-9-11-29-12-10-27/h3-8,13,24H,9-12,14-16H2,1-2H3. The van der Waals surface area contributed by atoms with E-state index < -0.39 is 0 Å². The van der Waals surface area contributed by atoms with E-state index in [0.717, 1.165) is 35.5 Å². The number of nitrogens with one attached hydrogen (secondary N) is 1. The van der Waals surface area contributed by atoms with Gasteiger partial charge in [0.15, 0.2) is 6.61 Å². The molecule has 1 amide bonds. The van der Waals surface area contributed by atoms with Crippen LogP contribution in [0.5, 0.6) is 5.75 Å². The van der Waals surface area contributed by atoms with Crippen molar-refractivity contribution in [1.82, 2.24) is 19.8 Å². The number of aromatic nitrogens is 2. The normalized spacial score (nSPS) is 14.3. The van der Waals surface area contributed by atoms with Crippen molar-refractivity contribution in [1.29, 1.82) is 0 Å². The van der Waals surface area contributed by atoms with E-state index in [2.05, 4.69) is 33.1 Å². The quantitative estimate of drug-likeness (QED) is 0.650. The first-order valence-corrected chi connectivity index (χ1v) is 10.3. The second-order valence-corrected chi connectivity index (χ2v) is 7.57. The molecule has 7 nitrogen and oxygen atoms in total. The van der Waals surface area contributed by atoms with Crippen molar-refractivity contribution in [3.63, 3.8) is 0 Å². The maximum atomic E-state index is 12.1. The number of carbonyl (C=O) groups is 1. The fourth-order valence-corrected chi connectivity index (χ4v) is 3.58. The van der Waals surface area contributed by atoms with Crippen molar-refractivity contribution < 1.29 is 14.3 Å². The number of imidazole rings is 1. The molecule has 1 aliphatic rings. The van der Waals surface area contributed by atoms with Gasteiger partial charge in [-0.15, -0.1) is 0 Å². The van der Waals surface area contributed by atoms with Crippen LogP contribution in [0.2, 0.25) is 0 Å². The molecule has 1 aliphatic heterocycles. The minimum Gasteiger partial charge on any atom is -0.484 e. The van der Waals surface area contributed by atoms with Crippen LogP contribution in [0.15, 0.2) is 42.5 Å². The molecule has 158 valence electrons. The van der Waals surface area contributed by atoms with Gasteiger partial charge in [0.1, 0.15) is 11.6 Å². The number of rotatable bonds is 7. The average molecular weight is 409 g/mol. The largest absolute Gasteiger partial charge is 0.484 e. The fraction of sp³-hybridized carbons (Fsp3) is 0.391. The summed E-state index contributed by atoms with van der Waals surface area (Å²) in [5.41, 5.74) is 4.56. The van der Waals surface area contributed by atoms with Crippen molar-refractivity contribution in [2.45, 2.75) is 20.0 Å². The molecule has 0 bridgehead atoms. The molecule has 0 saturated carbocycles. The van der Waals surface area contributed by atoms with E-state index >= 15 is 0 Å². The number of amides is 1. The van der Waals surface area contributed by atoms with Gasteiger partial charge in [-0.05, 0) is 42.3 Å². The van der Waals surface area contributed by atoms with E-state index in [0.29, 0.717) is 32.1 Å². The van der Waals surface area contributed by atoms with E-state index in [1.54, 1.807) is 4.90 Å². The van der Waals surface area contributed by atoms with E-state index in [9.17, 15) is 4.79 Å². The van der Waals surface area contributed by atoms with Crippen LogP contribution < -0.4 is 10.1 Å². The highest BCUT2D eigenvalue weighted by Crippen LogP contribution is 2.17. The SMILES string of the molecule is Cc1nc2cc(CNCc3ccc(OCC(=O)N4CCOCC4)cc3)ccc2n1C. The Kier molecular flexibility index (Phi) is 6.30. The highest BCUT2D eigenvalue weighted by molar-refractivity contribution is 5.78. The smallest absolute Gasteiger partial charge is 0.260 e. The summed E-state index contributed by atoms with van der Waals surface area (Å²) in [5, 5.41) is 3.47. The summed E-state index contributed by atoms with van der Waals surface area (Å²) in [6.45, 7) is 6.09. The molecule has 3 aromatic rings. The number of benzene rings is 2. The number of hydrogen-bond acceptors (Lipinski definition) is 5. The lowest BCUT2D eigenvalue weighted by Crippen LogP contribution is -2.42. The van der Waals surface area contributed by atoms with E-state index in [1.165, 1.54) is 5.56 Å². The van der Waals surface area contributed by atoms with Gasteiger partial charge in [-0.2, -0.15) is 0 Å².